The van der Waals surface area contributed by atoms with Gasteiger partial charge in [-0.3, -0.25) is 9.20 Å². The zero-order valence-corrected chi connectivity index (χ0v) is 18.0. The first-order chi connectivity index (χ1) is 15.7. The second-order valence-corrected chi connectivity index (χ2v) is 7.93. The van der Waals surface area contributed by atoms with Gasteiger partial charge in [-0.2, -0.15) is 0 Å². The Balaban J connectivity index is 1.44. The van der Waals surface area contributed by atoms with E-state index in [1.54, 1.807) is 24.7 Å². The van der Waals surface area contributed by atoms with Gasteiger partial charge >= 0.3 is 0 Å². The lowest BCUT2D eigenvalue weighted by molar-refractivity contribution is 0.0739. The van der Waals surface area contributed by atoms with Gasteiger partial charge < -0.3 is 15.5 Å². The zero-order valence-electron chi connectivity index (χ0n) is 18.0. The van der Waals surface area contributed by atoms with E-state index in [2.05, 4.69) is 38.9 Å². The second kappa shape index (κ2) is 8.39. The zero-order chi connectivity index (χ0) is 22.1. The van der Waals surface area contributed by atoms with Gasteiger partial charge in [0, 0.05) is 56.9 Å². The molecule has 2 N–H and O–H groups in total. The van der Waals surface area contributed by atoms with Crippen LogP contribution in [-0.4, -0.2) is 56.3 Å². The molecule has 0 spiro atoms. The van der Waals surface area contributed by atoms with E-state index in [-0.39, 0.29) is 5.91 Å². The van der Waals surface area contributed by atoms with Crippen LogP contribution in [0.25, 0.3) is 16.8 Å². The van der Waals surface area contributed by atoms with Crippen LogP contribution in [0.3, 0.4) is 0 Å². The van der Waals surface area contributed by atoms with Gasteiger partial charge in [0.25, 0.3) is 5.91 Å². The highest BCUT2D eigenvalue weighted by molar-refractivity contribution is 5.93. The van der Waals surface area contributed by atoms with Crippen LogP contribution in [0.1, 0.15) is 21.6 Å². The number of hydrogen-bond donors (Lipinski definition) is 1. The number of hydrogen-bond acceptors (Lipinski definition) is 6. The molecule has 0 radical (unpaired) electrons. The summed E-state index contributed by atoms with van der Waals surface area (Å²) in [6.45, 7) is 5.08. The smallest absolute Gasteiger partial charge is 0.272 e. The Morgan fingerprint density at radius 3 is 2.47 bits per heavy atom. The summed E-state index contributed by atoms with van der Waals surface area (Å²) in [5.74, 6) is 0.675. The van der Waals surface area contributed by atoms with Crippen LogP contribution in [0.4, 0.5) is 5.95 Å². The van der Waals surface area contributed by atoms with Crippen LogP contribution in [0.2, 0.25) is 0 Å². The average Bonchev–Trinajstić information content (AvgIpc) is 3.26. The standard InChI is InChI=1S/C24H25N7O/c1-17-5-2-3-6-19(17)20-16-31-21(15-28-22(31)13-18(20)14-25)23(32)29-9-11-30(12-10-29)24-26-7-4-8-27-24/h2-8,13,15-16H,9-12,14,25H2,1H3. The minimum atomic E-state index is -0.0256. The summed E-state index contributed by atoms with van der Waals surface area (Å²) in [6.07, 6.45) is 7.13. The largest absolute Gasteiger partial charge is 0.337 e. The summed E-state index contributed by atoms with van der Waals surface area (Å²) in [6, 6.07) is 12.0. The Kier molecular flexibility index (Phi) is 5.28. The number of benzene rings is 1. The van der Waals surface area contributed by atoms with Crippen molar-refractivity contribution in [2.75, 3.05) is 31.1 Å². The second-order valence-electron chi connectivity index (χ2n) is 7.93. The molecule has 162 valence electrons. The molecule has 0 aliphatic carbocycles. The Bertz CT molecular complexity index is 1260. The Morgan fingerprint density at radius 1 is 1.00 bits per heavy atom. The van der Waals surface area contributed by atoms with E-state index in [4.69, 9.17) is 5.73 Å². The van der Waals surface area contributed by atoms with Crippen LogP contribution in [0.15, 0.2) is 61.2 Å². The fourth-order valence-corrected chi connectivity index (χ4v) is 4.23. The van der Waals surface area contributed by atoms with Gasteiger partial charge in [-0.25, -0.2) is 15.0 Å². The molecule has 0 saturated carbocycles. The molecule has 32 heavy (non-hydrogen) atoms. The number of carbonyl (C=O) groups excluding carboxylic acids is 1. The molecule has 1 aliphatic rings. The topological polar surface area (TPSA) is 92.6 Å². The number of nitrogens with two attached hydrogens (primary N) is 1. The lowest BCUT2D eigenvalue weighted by Crippen LogP contribution is -2.49. The van der Waals surface area contributed by atoms with Crippen molar-refractivity contribution >= 4 is 17.5 Å². The summed E-state index contributed by atoms with van der Waals surface area (Å²) in [7, 11) is 0. The molecule has 0 unspecified atom stereocenters. The van der Waals surface area contributed by atoms with E-state index in [0.717, 1.165) is 27.9 Å². The quantitative estimate of drug-likeness (QED) is 0.538. The number of anilines is 1. The van der Waals surface area contributed by atoms with Gasteiger partial charge in [0.05, 0.1) is 6.20 Å². The van der Waals surface area contributed by atoms with Crippen LogP contribution in [-0.2, 0) is 6.54 Å². The van der Waals surface area contributed by atoms with E-state index in [1.807, 2.05) is 33.7 Å². The highest BCUT2D eigenvalue weighted by atomic mass is 16.2. The molecule has 0 bridgehead atoms. The number of nitrogens with zero attached hydrogens (tertiary/aromatic N) is 6. The summed E-state index contributed by atoms with van der Waals surface area (Å²) in [5.41, 5.74) is 11.6. The number of fused-ring (bicyclic) bond motifs is 1. The van der Waals surface area contributed by atoms with E-state index >= 15 is 0 Å². The van der Waals surface area contributed by atoms with Crippen LogP contribution < -0.4 is 10.6 Å². The number of imidazole rings is 1. The molecule has 4 heterocycles. The van der Waals surface area contributed by atoms with Crippen molar-refractivity contribution in [2.24, 2.45) is 5.73 Å². The van der Waals surface area contributed by atoms with Gasteiger partial charge in [-0.15, -0.1) is 0 Å². The molecule has 5 rings (SSSR count). The van der Waals surface area contributed by atoms with Gasteiger partial charge in [-0.1, -0.05) is 24.3 Å². The maximum absolute atomic E-state index is 13.4. The molecule has 8 heteroatoms. The molecule has 1 fully saturated rings. The van der Waals surface area contributed by atoms with Gasteiger partial charge in [0.15, 0.2) is 0 Å². The van der Waals surface area contributed by atoms with Crippen molar-refractivity contribution < 1.29 is 4.79 Å². The van der Waals surface area contributed by atoms with Crippen LogP contribution in [0, 0.1) is 6.92 Å². The summed E-state index contributed by atoms with van der Waals surface area (Å²) < 4.78 is 1.88. The Morgan fingerprint density at radius 2 is 1.75 bits per heavy atom. The first kappa shape index (κ1) is 20.1. The fourth-order valence-electron chi connectivity index (χ4n) is 4.23. The van der Waals surface area contributed by atoms with E-state index in [9.17, 15) is 4.79 Å². The minimum Gasteiger partial charge on any atom is -0.337 e. The lowest BCUT2D eigenvalue weighted by Gasteiger charge is -2.34. The maximum Gasteiger partial charge on any atom is 0.272 e. The third-order valence-corrected chi connectivity index (χ3v) is 6.01. The minimum absolute atomic E-state index is 0.0256. The SMILES string of the molecule is Cc1ccccc1-c1cn2c(C(=O)N3CCN(c4ncccn4)CC3)cnc2cc1CN. The summed E-state index contributed by atoms with van der Waals surface area (Å²) in [4.78, 5) is 30.5. The number of rotatable bonds is 4. The van der Waals surface area contributed by atoms with Gasteiger partial charge in [0.1, 0.15) is 11.3 Å². The molecule has 8 nitrogen and oxygen atoms in total. The fraction of sp³-hybridized carbons (Fsp3) is 0.250. The van der Waals surface area contributed by atoms with Crippen LogP contribution in [0.5, 0.6) is 0 Å². The number of aryl methyl sites for hydroxylation is 1. The van der Waals surface area contributed by atoms with Crippen molar-refractivity contribution in [2.45, 2.75) is 13.5 Å². The molecule has 3 aromatic heterocycles. The van der Waals surface area contributed by atoms with E-state index in [0.29, 0.717) is 44.4 Å². The maximum atomic E-state index is 13.4. The molecular formula is C24H25N7O. The van der Waals surface area contributed by atoms with Gasteiger partial charge in [0.2, 0.25) is 5.95 Å². The van der Waals surface area contributed by atoms with Crippen molar-refractivity contribution in [1.82, 2.24) is 24.3 Å². The number of aromatic nitrogens is 4. The predicted molar refractivity (Wildman–Crippen MR) is 123 cm³/mol. The number of carbonyl (C=O) groups is 1. The molecule has 1 aliphatic heterocycles. The average molecular weight is 428 g/mol. The number of pyridine rings is 1. The summed E-state index contributed by atoms with van der Waals surface area (Å²) >= 11 is 0. The normalized spacial score (nSPS) is 14.2. The number of amides is 1. The van der Waals surface area contributed by atoms with E-state index in [1.165, 1.54) is 0 Å². The Hall–Kier alpha value is -3.78. The third-order valence-electron chi connectivity index (χ3n) is 6.01. The van der Waals surface area contributed by atoms with Crippen molar-refractivity contribution in [3.8, 4) is 11.1 Å². The van der Waals surface area contributed by atoms with Crippen molar-refractivity contribution in [1.29, 1.82) is 0 Å². The lowest BCUT2D eigenvalue weighted by atomic mass is 9.98. The Labute approximate surface area is 186 Å². The molecular weight excluding hydrogens is 402 g/mol. The summed E-state index contributed by atoms with van der Waals surface area (Å²) in [5, 5.41) is 0. The first-order valence-electron chi connectivity index (χ1n) is 10.7. The highest BCUT2D eigenvalue weighted by Gasteiger charge is 2.25. The monoisotopic (exact) mass is 427 g/mol. The van der Waals surface area contributed by atoms with Gasteiger partial charge in [-0.05, 0) is 35.7 Å². The molecule has 4 aromatic rings. The predicted octanol–water partition coefficient (Wildman–Crippen LogP) is 2.52. The number of piperazine rings is 1. The molecule has 1 amide bonds. The first-order valence-corrected chi connectivity index (χ1v) is 10.7. The molecule has 1 aromatic carbocycles. The molecule has 1 saturated heterocycles. The van der Waals surface area contributed by atoms with Crippen molar-refractivity contribution in [3.05, 3.63) is 78.0 Å². The van der Waals surface area contributed by atoms with Crippen LogP contribution >= 0.6 is 0 Å². The highest BCUT2D eigenvalue weighted by Crippen LogP contribution is 2.28. The third kappa shape index (κ3) is 3.58. The molecule has 0 atom stereocenters. The van der Waals surface area contributed by atoms with E-state index < -0.39 is 0 Å². The van der Waals surface area contributed by atoms with Crippen molar-refractivity contribution in [3.63, 3.8) is 0 Å².